The SMILES string of the molecule is CC(C(=O)Nc1ccc([N+](=O)[O-])cc1)N1CCCS(=O)(=O)CC1. The van der Waals surface area contributed by atoms with Crippen molar-refractivity contribution >= 4 is 27.1 Å². The molecule has 0 aromatic heterocycles. The summed E-state index contributed by atoms with van der Waals surface area (Å²) in [6, 6.07) is 5.10. The Bertz CT molecular complexity index is 687. The molecule has 0 radical (unpaired) electrons. The summed E-state index contributed by atoms with van der Waals surface area (Å²) in [7, 11) is -3.02. The van der Waals surface area contributed by atoms with Crippen LogP contribution in [0.1, 0.15) is 13.3 Å². The van der Waals surface area contributed by atoms with E-state index in [0.29, 0.717) is 25.2 Å². The molecule has 23 heavy (non-hydrogen) atoms. The fourth-order valence-electron chi connectivity index (χ4n) is 2.42. The number of anilines is 1. The van der Waals surface area contributed by atoms with E-state index in [4.69, 9.17) is 0 Å². The molecule has 2 rings (SSSR count). The topological polar surface area (TPSA) is 110 Å². The first-order valence-electron chi connectivity index (χ1n) is 7.28. The van der Waals surface area contributed by atoms with Crippen molar-refractivity contribution in [1.29, 1.82) is 0 Å². The van der Waals surface area contributed by atoms with Crippen molar-refractivity contribution in [2.45, 2.75) is 19.4 Å². The third-order valence-corrected chi connectivity index (χ3v) is 5.58. The predicted octanol–water partition coefficient (Wildman–Crippen LogP) is 1.04. The van der Waals surface area contributed by atoms with Gasteiger partial charge in [0, 0.05) is 24.4 Å². The molecule has 9 heteroatoms. The fourth-order valence-corrected chi connectivity index (χ4v) is 3.71. The summed E-state index contributed by atoms with van der Waals surface area (Å²) in [4.78, 5) is 24.2. The Morgan fingerprint density at radius 1 is 1.26 bits per heavy atom. The molecule has 1 aliphatic heterocycles. The minimum atomic E-state index is -3.02. The molecule has 0 spiro atoms. The predicted molar refractivity (Wildman–Crippen MR) is 86.0 cm³/mol. The van der Waals surface area contributed by atoms with Crippen LogP contribution in [0.5, 0.6) is 0 Å². The van der Waals surface area contributed by atoms with Gasteiger partial charge in [0.1, 0.15) is 0 Å². The van der Waals surface area contributed by atoms with Gasteiger partial charge in [-0.05, 0) is 32.0 Å². The molecular weight excluding hydrogens is 322 g/mol. The lowest BCUT2D eigenvalue weighted by Crippen LogP contribution is -2.43. The molecule has 126 valence electrons. The summed E-state index contributed by atoms with van der Waals surface area (Å²) in [5.74, 6) is -0.0549. The molecule has 0 aliphatic carbocycles. The van der Waals surface area contributed by atoms with E-state index in [1.54, 1.807) is 6.92 Å². The van der Waals surface area contributed by atoms with E-state index in [9.17, 15) is 23.3 Å². The number of nitro benzene ring substituents is 1. The first-order valence-corrected chi connectivity index (χ1v) is 9.10. The lowest BCUT2D eigenvalue weighted by Gasteiger charge is -2.26. The molecule has 1 saturated heterocycles. The number of nitrogens with one attached hydrogen (secondary N) is 1. The van der Waals surface area contributed by atoms with Crippen molar-refractivity contribution in [3.63, 3.8) is 0 Å². The van der Waals surface area contributed by atoms with Gasteiger partial charge >= 0.3 is 0 Å². The highest BCUT2D eigenvalue weighted by Crippen LogP contribution is 2.16. The molecule has 1 amide bonds. The Kier molecular flexibility index (Phi) is 5.32. The number of hydrogen-bond donors (Lipinski definition) is 1. The summed E-state index contributed by atoms with van der Waals surface area (Å²) < 4.78 is 23.2. The molecule has 0 saturated carbocycles. The third-order valence-electron chi connectivity index (χ3n) is 3.86. The number of carbonyl (C=O) groups excluding carboxylic acids is 1. The number of hydrogen-bond acceptors (Lipinski definition) is 6. The molecule has 1 unspecified atom stereocenters. The molecule has 1 fully saturated rings. The maximum Gasteiger partial charge on any atom is 0.269 e. The van der Waals surface area contributed by atoms with E-state index in [1.165, 1.54) is 24.3 Å². The van der Waals surface area contributed by atoms with E-state index >= 15 is 0 Å². The Morgan fingerprint density at radius 3 is 2.52 bits per heavy atom. The molecule has 1 aliphatic rings. The van der Waals surface area contributed by atoms with Crippen LogP contribution in [-0.4, -0.2) is 54.8 Å². The van der Waals surface area contributed by atoms with Crippen LogP contribution in [-0.2, 0) is 14.6 Å². The van der Waals surface area contributed by atoms with Gasteiger partial charge in [-0.3, -0.25) is 19.8 Å². The second kappa shape index (κ2) is 7.05. The minimum Gasteiger partial charge on any atom is -0.325 e. The fraction of sp³-hybridized carbons (Fsp3) is 0.500. The smallest absolute Gasteiger partial charge is 0.269 e. The average Bonchev–Trinajstić information content (AvgIpc) is 2.67. The summed E-state index contributed by atoms with van der Waals surface area (Å²) in [5.41, 5.74) is 0.420. The second-order valence-corrected chi connectivity index (χ2v) is 7.81. The number of benzene rings is 1. The van der Waals surface area contributed by atoms with Crippen LogP contribution < -0.4 is 5.32 Å². The van der Waals surface area contributed by atoms with Gasteiger partial charge in [-0.2, -0.15) is 0 Å². The lowest BCUT2D eigenvalue weighted by molar-refractivity contribution is -0.384. The highest BCUT2D eigenvalue weighted by molar-refractivity contribution is 7.91. The summed E-state index contributed by atoms with van der Waals surface area (Å²) >= 11 is 0. The van der Waals surface area contributed by atoms with Gasteiger partial charge in [0.05, 0.1) is 22.5 Å². The molecular formula is C14H19N3O5S. The van der Waals surface area contributed by atoms with Gasteiger partial charge < -0.3 is 5.32 Å². The quantitative estimate of drug-likeness (QED) is 0.647. The normalized spacial score (nSPS) is 19.5. The number of carbonyl (C=O) groups is 1. The molecule has 1 atom stereocenters. The van der Waals surface area contributed by atoms with E-state index in [2.05, 4.69) is 5.32 Å². The number of non-ortho nitro benzene ring substituents is 1. The maximum absolute atomic E-state index is 12.3. The molecule has 0 bridgehead atoms. The summed E-state index contributed by atoms with van der Waals surface area (Å²) in [5, 5.41) is 13.3. The first kappa shape index (κ1) is 17.4. The zero-order valence-corrected chi connectivity index (χ0v) is 13.6. The van der Waals surface area contributed by atoms with Crippen molar-refractivity contribution in [1.82, 2.24) is 4.90 Å². The minimum absolute atomic E-state index is 0.0474. The van der Waals surface area contributed by atoms with Gasteiger partial charge in [0.2, 0.25) is 5.91 Å². The summed E-state index contributed by atoms with van der Waals surface area (Å²) in [6.07, 6.45) is 0.511. The number of nitro groups is 1. The zero-order valence-electron chi connectivity index (χ0n) is 12.8. The molecule has 8 nitrogen and oxygen atoms in total. The highest BCUT2D eigenvalue weighted by atomic mass is 32.2. The van der Waals surface area contributed by atoms with Gasteiger partial charge in [0.25, 0.3) is 5.69 Å². The van der Waals surface area contributed by atoms with E-state index < -0.39 is 20.8 Å². The largest absolute Gasteiger partial charge is 0.325 e. The number of sulfone groups is 1. The number of rotatable bonds is 4. The zero-order chi connectivity index (χ0) is 17.0. The molecule has 1 aromatic carbocycles. The van der Waals surface area contributed by atoms with E-state index in [-0.39, 0.29) is 23.1 Å². The molecule has 1 aromatic rings. The van der Waals surface area contributed by atoms with Crippen LogP contribution in [0.3, 0.4) is 0 Å². The Labute approximate surface area is 134 Å². The van der Waals surface area contributed by atoms with Crippen molar-refractivity contribution in [3.05, 3.63) is 34.4 Å². The molecule has 1 heterocycles. The van der Waals surface area contributed by atoms with Crippen LogP contribution in [0.4, 0.5) is 11.4 Å². The van der Waals surface area contributed by atoms with Crippen molar-refractivity contribution in [3.8, 4) is 0 Å². The van der Waals surface area contributed by atoms with Gasteiger partial charge in [-0.25, -0.2) is 8.42 Å². The monoisotopic (exact) mass is 341 g/mol. The van der Waals surface area contributed by atoms with Crippen LogP contribution in [0, 0.1) is 10.1 Å². The molecule has 1 N–H and O–H groups in total. The van der Waals surface area contributed by atoms with Crippen molar-refractivity contribution in [2.75, 3.05) is 29.9 Å². The third kappa shape index (κ3) is 4.73. The van der Waals surface area contributed by atoms with Crippen LogP contribution in [0.25, 0.3) is 0 Å². The van der Waals surface area contributed by atoms with Crippen LogP contribution in [0.15, 0.2) is 24.3 Å². The van der Waals surface area contributed by atoms with Gasteiger partial charge in [-0.15, -0.1) is 0 Å². The number of nitrogens with zero attached hydrogens (tertiary/aromatic N) is 2. The number of amides is 1. The standard InChI is InChI=1S/C14H19N3O5S/c1-11(16-7-2-9-23(21,22)10-8-16)14(18)15-12-3-5-13(6-4-12)17(19)20/h3-6,11H,2,7-10H2,1H3,(H,15,18). The maximum atomic E-state index is 12.3. The van der Waals surface area contributed by atoms with E-state index in [0.717, 1.165) is 0 Å². The Balaban J connectivity index is 1.98. The van der Waals surface area contributed by atoms with Gasteiger partial charge in [0.15, 0.2) is 9.84 Å². The van der Waals surface area contributed by atoms with Crippen LogP contribution in [0.2, 0.25) is 0 Å². The second-order valence-electron chi connectivity index (χ2n) is 5.51. The average molecular weight is 341 g/mol. The van der Waals surface area contributed by atoms with E-state index in [1.807, 2.05) is 4.90 Å². The first-order chi connectivity index (χ1) is 10.8. The van der Waals surface area contributed by atoms with Crippen molar-refractivity contribution in [2.24, 2.45) is 0 Å². The van der Waals surface area contributed by atoms with Gasteiger partial charge in [-0.1, -0.05) is 0 Å². The highest BCUT2D eigenvalue weighted by Gasteiger charge is 2.26. The van der Waals surface area contributed by atoms with Crippen LogP contribution >= 0.6 is 0 Å². The Morgan fingerprint density at radius 2 is 1.91 bits per heavy atom. The Hall–Kier alpha value is -2.00. The lowest BCUT2D eigenvalue weighted by atomic mass is 10.2. The summed E-state index contributed by atoms with van der Waals surface area (Å²) in [6.45, 7) is 2.60. The van der Waals surface area contributed by atoms with Crippen molar-refractivity contribution < 1.29 is 18.1 Å².